The van der Waals surface area contributed by atoms with Crippen molar-refractivity contribution in [1.82, 2.24) is 5.32 Å². The Morgan fingerprint density at radius 3 is 2.71 bits per heavy atom. The van der Waals surface area contributed by atoms with Crippen LogP contribution < -0.4 is 19.7 Å². The van der Waals surface area contributed by atoms with Gasteiger partial charge in [0.2, 0.25) is 0 Å². The topological polar surface area (TPSA) is 98.1 Å². The first kappa shape index (κ1) is 23.1. The number of amides is 2. The molecule has 0 saturated carbocycles. The molecule has 8 heteroatoms. The molecule has 0 spiro atoms. The van der Waals surface area contributed by atoms with Gasteiger partial charge in [-0.15, -0.1) is 0 Å². The lowest BCUT2D eigenvalue weighted by Gasteiger charge is -2.29. The molecule has 2 heterocycles. The average molecular weight is 463 g/mol. The summed E-state index contributed by atoms with van der Waals surface area (Å²) in [6, 6.07) is 14.0. The van der Waals surface area contributed by atoms with E-state index in [4.69, 9.17) is 13.9 Å². The fraction of sp³-hybridized carbons (Fsp3) is 0.269. The van der Waals surface area contributed by atoms with Crippen LogP contribution in [0.4, 0.5) is 5.69 Å². The van der Waals surface area contributed by atoms with Crippen LogP contribution in [0.15, 0.2) is 52.9 Å². The molecule has 0 aliphatic carbocycles. The zero-order chi connectivity index (χ0) is 24.2. The summed E-state index contributed by atoms with van der Waals surface area (Å²) < 4.78 is 16.9. The molecule has 0 atom stereocenters. The minimum Gasteiger partial charge on any atom is -0.485 e. The molecule has 0 radical (unpaired) electrons. The van der Waals surface area contributed by atoms with E-state index in [-0.39, 0.29) is 43.1 Å². The van der Waals surface area contributed by atoms with Crippen molar-refractivity contribution in [1.29, 1.82) is 0 Å². The molecule has 1 aromatic heterocycles. The second-order valence-corrected chi connectivity index (χ2v) is 8.06. The largest absolute Gasteiger partial charge is 0.485 e. The number of hydrogen-bond acceptors (Lipinski definition) is 6. The highest BCUT2D eigenvalue weighted by atomic mass is 16.5. The van der Waals surface area contributed by atoms with E-state index in [1.807, 2.05) is 39.0 Å². The van der Waals surface area contributed by atoms with Crippen molar-refractivity contribution in [3.63, 3.8) is 0 Å². The van der Waals surface area contributed by atoms with Gasteiger partial charge in [-0.3, -0.25) is 19.3 Å². The lowest BCUT2D eigenvalue weighted by molar-refractivity contribution is -0.121. The summed E-state index contributed by atoms with van der Waals surface area (Å²) in [4.78, 5) is 39.0. The number of nitrogens with zero attached hydrogens (tertiary/aromatic N) is 1. The van der Waals surface area contributed by atoms with Gasteiger partial charge in [0.05, 0.1) is 12.2 Å². The SMILES string of the molecule is CCNC(=O)c1ccc(CN2C(=O)COc3ccc(C(=O)COc4cc(C)ccc4C)cc32)o1. The molecular formula is C26H26N2O6. The predicted molar refractivity (Wildman–Crippen MR) is 126 cm³/mol. The number of Topliss-reactive ketones (excluding diaryl/α,β-unsaturated/α-hetero) is 1. The maximum Gasteiger partial charge on any atom is 0.286 e. The Hall–Kier alpha value is -4.07. The zero-order valence-electron chi connectivity index (χ0n) is 19.3. The number of carbonyl (C=O) groups is 3. The Kier molecular flexibility index (Phi) is 6.67. The van der Waals surface area contributed by atoms with Crippen molar-refractivity contribution in [3.8, 4) is 11.5 Å². The van der Waals surface area contributed by atoms with Crippen molar-refractivity contribution in [2.45, 2.75) is 27.3 Å². The Morgan fingerprint density at radius 1 is 1.09 bits per heavy atom. The summed E-state index contributed by atoms with van der Waals surface area (Å²) in [5, 5.41) is 2.67. The van der Waals surface area contributed by atoms with Crippen LogP contribution in [0.3, 0.4) is 0 Å². The van der Waals surface area contributed by atoms with E-state index >= 15 is 0 Å². The molecule has 1 N–H and O–H groups in total. The number of ether oxygens (including phenoxy) is 2. The van der Waals surface area contributed by atoms with Gasteiger partial charge in [-0.25, -0.2) is 0 Å². The molecule has 3 aromatic rings. The summed E-state index contributed by atoms with van der Waals surface area (Å²) in [6.07, 6.45) is 0. The zero-order valence-corrected chi connectivity index (χ0v) is 19.3. The minimum atomic E-state index is -0.320. The second-order valence-electron chi connectivity index (χ2n) is 8.06. The molecule has 176 valence electrons. The summed E-state index contributed by atoms with van der Waals surface area (Å²) in [7, 11) is 0. The number of ketones is 1. The van der Waals surface area contributed by atoms with Crippen molar-refractivity contribution >= 4 is 23.3 Å². The van der Waals surface area contributed by atoms with Crippen LogP contribution in [0.1, 0.15) is 44.7 Å². The summed E-state index contributed by atoms with van der Waals surface area (Å²) in [6.45, 7) is 6.02. The summed E-state index contributed by atoms with van der Waals surface area (Å²) in [5.74, 6) is 0.939. The number of rotatable bonds is 8. The monoisotopic (exact) mass is 462 g/mol. The lowest BCUT2D eigenvalue weighted by atomic mass is 10.1. The molecule has 8 nitrogen and oxygen atoms in total. The van der Waals surface area contributed by atoms with E-state index in [9.17, 15) is 14.4 Å². The fourth-order valence-corrected chi connectivity index (χ4v) is 3.63. The number of anilines is 1. The smallest absolute Gasteiger partial charge is 0.286 e. The van der Waals surface area contributed by atoms with E-state index in [2.05, 4.69) is 5.32 Å². The number of aryl methyl sites for hydroxylation is 2. The van der Waals surface area contributed by atoms with E-state index in [0.29, 0.717) is 35.1 Å². The maximum absolute atomic E-state index is 12.9. The normalized spacial score (nSPS) is 12.7. The third kappa shape index (κ3) is 4.96. The number of nitrogens with one attached hydrogen (secondary N) is 1. The van der Waals surface area contributed by atoms with Gasteiger partial charge in [0, 0.05) is 12.1 Å². The maximum atomic E-state index is 12.9. The number of benzene rings is 2. The van der Waals surface area contributed by atoms with Crippen LogP contribution in [0, 0.1) is 13.8 Å². The van der Waals surface area contributed by atoms with Gasteiger partial charge in [0.25, 0.3) is 11.8 Å². The van der Waals surface area contributed by atoms with Crippen LogP contribution in [-0.4, -0.2) is 37.4 Å². The van der Waals surface area contributed by atoms with Gasteiger partial charge in [-0.2, -0.15) is 0 Å². The Bertz CT molecular complexity index is 1250. The number of hydrogen-bond donors (Lipinski definition) is 1. The molecule has 0 saturated heterocycles. The first-order chi connectivity index (χ1) is 16.4. The molecule has 1 aliphatic rings. The first-order valence-corrected chi connectivity index (χ1v) is 11.0. The van der Waals surface area contributed by atoms with Gasteiger partial charge < -0.3 is 19.2 Å². The van der Waals surface area contributed by atoms with E-state index < -0.39 is 0 Å². The molecule has 0 unspecified atom stereocenters. The fourth-order valence-electron chi connectivity index (χ4n) is 3.63. The number of carbonyl (C=O) groups excluding carboxylic acids is 3. The van der Waals surface area contributed by atoms with E-state index in [1.165, 1.54) is 4.90 Å². The molecule has 2 amide bonds. The summed E-state index contributed by atoms with van der Waals surface area (Å²) >= 11 is 0. The van der Waals surface area contributed by atoms with Gasteiger partial charge in [-0.05, 0) is 68.3 Å². The molecule has 2 aromatic carbocycles. The van der Waals surface area contributed by atoms with E-state index in [0.717, 1.165) is 11.1 Å². The Morgan fingerprint density at radius 2 is 1.91 bits per heavy atom. The van der Waals surface area contributed by atoms with Crippen molar-refractivity contribution in [2.75, 3.05) is 24.7 Å². The third-order valence-electron chi connectivity index (χ3n) is 5.46. The first-order valence-electron chi connectivity index (χ1n) is 11.0. The highest BCUT2D eigenvalue weighted by Gasteiger charge is 2.28. The predicted octanol–water partition coefficient (Wildman–Crippen LogP) is 3.83. The quantitative estimate of drug-likeness (QED) is 0.511. The number of furan rings is 1. The molecule has 4 rings (SSSR count). The van der Waals surface area contributed by atoms with Crippen molar-refractivity contribution in [3.05, 3.63) is 76.7 Å². The molecular weight excluding hydrogens is 436 g/mol. The molecule has 34 heavy (non-hydrogen) atoms. The Labute approximate surface area is 197 Å². The van der Waals surface area contributed by atoms with Crippen LogP contribution in [0.2, 0.25) is 0 Å². The molecule has 0 bridgehead atoms. The van der Waals surface area contributed by atoms with Gasteiger partial charge in [-0.1, -0.05) is 12.1 Å². The molecule has 1 aliphatic heterocycles. The van der Waals surface area contributed by atoms with Crippen molar-refractivity contribution in [2.24, 2.45) is 0 Å². The van der Waals surface area contributed by atoms with Gasteiger partial charge in [0.15, 0.2) is 24.8 Å². The van der Waals surface area contributed by atoms with E-state index in [1.54, 1.807) is 30.3 Å². The lowest BCUT2D eigenvalue weighted by Crippen LogP contribution is -2.38. The van der Waals surface area contributed by atoms with Gasteiger partial charge >= 0.3 is 0 Å². The molecule has 0 fully saturated rings. The standard InChI is InChI=1S/C26H26N2O6/c1-4-27-26(31)23-10-8-19(34-23)13-28-20-12-18(7-9-22(20)33-15-25(28)30)21(29)14-32-24-11-16(2)5-6-17(24)3/h5-12H,4,13-15H2,1-3H3,(H,27,31). The average Bonchev–Trinajstić information content (AvgIpc) is 3.30. The van der Waals surface area contributed by atoms with Gasteiger partial charge in [0.1, 0.15) is 17.3 Å². The minimum absolute atomic E-state index is 0.102. The second kappa shape index (κ2) is 9.82. The third-order valence-corrected chi connectivity index (χ3v) is 5.46. The van der Waals surface area contributed by atoms with Crippen LogP contribution in [0.5, 0.6) is 11.5 Å². The Balaban J connectivity index is 1.52. The highest BCUT2D eigenvalue weighted by Crippen LogP contribution is 2.34. The highest BCUT2D eigenvalue weighted by molar-refractivity contribution is 6.02. The summed E-state index contributed by atoms with van der Waals surface area (Å²) in [5.41, 5.74) is 2.85. The van der Waals surface area contributed by atoms with Crippen LogP contribution in [-0.2, 0) is 11.3 Å². The van der Waals surface area contributed by atoms with Crippen molar-refractivity contribution < 1.29 is 28.3 Å². The van der Waals surface area contributed by atoms with Crippen LogP contribution in [0.25, 0.3) is 0 Å². The number of fused-ring (bicyclic) bond motifs is 1. The van der Waals surface area contributed by atoms with Crippen LogP contribution >= 0.6 is 0 Å².